The Labute approximate surface area is 109 Å². The van der Waals surface area contributed by atoms with Crippen molar-refractivity contribution in [1.29, 1.82) is 0 Å². The Hall–Kier alpha value is -1.35. The summed E-state index contributed by atoms with van der Waals surface area (Å²) in [6, 6.07) is 7.66. The molecule has 1 amide bonds. The molecule has 1 aromatic carbocycles. The van der Waals surface area contributed by atoms with Gasteiger partial charge >= 0.3 is 0 Å². The molecule has 0 heterocycles. The first-order chi connectivity index (χ1) is 8.74. The number of benzene rings is 1. The van der Waals surface area contributed by atoms with Crippen molar-refractivity contribution in [2.75, 3.05) is 13.1 Å². The average Bonchev–Trinajstić information content (AvgIpc) is 2.37. The number of carbonyl (C=O) groups is 1. The average molecular weight is 246 g/mol. The molecule has 0 aromatic heterocycles. The molecule has 3 nitrogen and oxygen atoms in total. The van der Waals surface area contributed by atoms with Crippen LogP contribution < -0.4 is 5.73 Å². The minimum absolute atomic E-state index is 0.139. The molecule has 0 unspecified atom stereocenters. The zero-order chi connectivity index (χ0) is 13.0. The Morgan fingerprint density at radius 2 is 2.22 bits per heavy atom. The van der Waals surface area contributed by atoms with Crippen molar-refractivity contribution in [2.24, 2.45) is 11.7 Å². The van der Waals surface area contributed by atoms with Gasteiger partial charge in [0.2, 0.25) is 0 Å². The molecule has 0 radical (unpaired) electrons. The molecule has 98 valence electrons. The Morgan fingerprint density at radius 1 is 1.44 bits per heavy atom. The van der Waals surface area contributed by atoms with Gasteiger partial charge in [-0.15, -0.1) is 0 Å². The van der Waals surface area contributed by atoms with E-state index in [-0.39, 0.29) is 5.91 Å². The predicted octanol–water partition coefficient (Wildman–Crippen LogP) is 2.41. The number of nitrogens with zero attached hydrogens (tertiary/aromatic N) is 1. The smallest absolute Gasteiger partial charge is 0.253 e. The summed E-state index contributed by atoms with van der Waals surface area (Å²) in [6.45, 7) is 4.21. The number of hydrogen-bond acceptors (Lipinski definition) is 2. The Morgan fingerprint density at radius 3 is 2.78 bits per heavy atom. The minimum atomic E-state index is 0.139. The van der Waals surface area contributed by atoms with Crippen molar-refractivity contribution in [2.45, 2.75) is 32.7 Å². The second kappa shape index (κ2) is 6.01. The van der Waals surface area contributed by atoms with Crippen LogP contribution in [-0.4, -0.2) is 23.9 Å². The van der Waals surface area contributed by atoms with Gasteiger partial charge in [0.05, 0.1) is 0 Å². The number of carbonyl (C=O) groups excluding carboxylic acids is 1. The largest absolute Gasteiger partial charge is 0.339 e. The van der Waals surface area contributed by atoms with Crippen LogP contribution in [0.15, 0.2) is 24.3 Å². The summed E-state index contributed by atoms with van der Waals surface area (Å²) in [5.41, 5.74) is 7.39. The van der Waals surface area contributed by atoms with Crippen LogP contribution in [0, 0.1) is 5.92 Å². The first-order valence-electron chi connectivity index (χ1n) is 6.83. The summed E-state index contributed by atoms with van der Waals surface area (Å²) in [6.07, 6.45) is 3.86. The number of hydrogen-bond donors (Lipinski definition) is 1. The zero-order valence-corrected chi connectivity index (χ0v) is 11.1. The third-order valence-corrected chi connectivity index (χ3v) is 3.78. The topological polar surface area (TPSA) is 46.3 Å². The van der Waals surface area contributed by atoms with Gasteiger partial charge in [0.15, 0.2) is 0 Å². The first kappa shape index (κ1) is 13.1. The fourth-order valence-electron chi connectivity index (χ4n) is 2.36. The van der Waals surface area contributed by atoms with Gasteiger partial charge in [-0.05, 0) is 43.4 Å². The monoisotopic (exact) mass is 246 g/mol. The molecular formula is C15H22N2O. The third kappa shape index (κ3) is 2.91. The zero-order valence-electron chi connectivity index (χ0n) is 11.1. The molecule has 1 fully saturated rings. The van der Waals surface area contributed by atoms with Crippen LogP contribution in [0.25, 0.3) is 0 Å². The second-order valence-corrected chi connectivity index (χ2v) is 5.05. The van der Waals surface area contributed by atoms with Gasteiger partial charge in [-0.3, -0.25) is 4.79 Å². The van der Waals surface area contributed by atoms with Crippen LogP contribution >= 0.6 is 0 Å². The second-order valence-electron chi connectivity index (χ2n) is 5.05. The molecular weight excluding hydrogens is 224 g/mol. The van der Waals surface area contributed by atoms with Gasteiger partial charge in [0.25, 0.3) is 5.91 Å². The van der Waals surface area contributed by atoms with E-state index in [2.05, 4.69) is 0 Å². The van der Waals surface area contributed by atoms with E-state index in [1.165, 1.54) is 19.3 Å². The van der Waals surface area contributed by atoms with Crippen molar-refractivity contribution in [1.82, 2.24) is 4.90 Å². The predicted molar refractivity (Wildman–Crippen MR) is 73.3 cm³/mol. The highest BCUT2D eigenvalue weighted by Crippen LogP contribution is 2.27. The fourth-order valence-corrected chi connectivity index (χ4v) is 2.36. The molecule has 1 aliphatic carbocycles. The highest BCUT2D eigenvalue weighted by Gasteiger charge is 2.23. The summed E-state index contributed by atoms with van der Waals surface area (Å²) in [7, 11) is 0. The molecule has 3 heteroatoms. The van der Waals surface area contributed by atoms with E-state index in [0.29, 0.717) is 12.5 Å². The van der Waals surface area contributed by atoms with E-state index in [1.807, 2.05) is 36.1 Å². The van der Waals surface area contributed by atoms with Crippen LogP contribution in [-0.2, 0) is 6.54 Å². The van der Waals surface area contributed by atoms with Crippen molar-refractivity contribution in [3.05, 3.63) is 35.4 Å². The van der Waals surface area contributed by atoms with Gasteiger partial charge in [0, 0.05) is 25.2 Å². The maximum absolute atomic E-state index is 12.4. The van der Waals surface area contributed by atoms with Crippen molar-refractivity contribution in [3.63, 3.8) is 0 Å². The summed E-state index contributed by atoms with van der Waals surface area (Å²) in [4.78, 5) is 14.4. The highest BCUT2D eigenvalue weighted by molar-refractivity contribution is 5.94. The van der Waals surface area contributed by atoms with Crippen LogP contribution in [0.2, 0.25) is 0 Å². The number of nitrogens with two attached hydrogens (primary N) is 1. The lowest BCUT2D eigenvalue weighted by molar-refractivity contribution is 0.0706. The highest BCUT2D eigenvalue weighted by atomic mass is 16.2. The van der Waals surface area contributed by atoms with Gasteiger partial charge < -0.3 is 10.6 Å². The van der Waals surface area contributed by atoms with Gasteiger partial charge in [-0.2, -0.15) is 0 Å². The van der Waals surface area contributed by atoms with E-state index >= 15 is 0 Å². The number of rotatable bonds is 5. The molecule has 2 N–H and O–H groups in total. The van der Waals surface area contributed by atoms with Gasteiger partial charge in [-0.25, -0.2) is 0 Å². The molecule has 0 saturated heterocycles. The number of amides is 1. The Bertz CT molecular complexity index is 413. The Kier molecular flexibility index (Phi) is 4.37. The van der Waals surface area contributed by atoms with Crippen LogP contribution in [0.1, 0.15) is 42.1 Å². The van der Waals surface area contributed by atoms with E-state index in [4.69, 9.17) is 5.73 Å². The standard InChI is InChI=1S/C15H22N2O/c1-2-17(11-12-5-3-6-12)15(18)14-8-4-7-13(9-14)10-16/h4,7-9,12H,2-3,5-6,10-11,16H2,1H3. The van der Waals surface area contributed by atoms with Crippen molar-refractivity contribution >= 4 is 5.91 Å². The Balaban J connectivity index is 2.06. The van der Waals surface area contributed by atoms with Gasteiger partial charge in [0.1, 0.15) is 0 Å². The summed E-state index contributed by atoms with van der Waals surface area (Å²) in [5.74, 6) is 0.853. The third-order valence-electron chi connectivity index (χ3n) is 3.78. The summed E-state index contributed by atoms with van der Waals surface area (Å²) in [5, 5.41) is 0. The summed E-state index contributed by atoms with van der Waals surface area (Å²) < 4.78 is 0. The molecule has 1 saturated carbocycles. The van der Waals surface area contributed by atoms with Crippen LogP contribution in [0.3, 0.4) is 0 Å². The van der Waals surface area contributed by atoms with E-state index in [0.717, 1.165) is 24.2 Å². The lowest BCUT2D eigenvalue weighted by Gasteiger charge is -2.31. The SMILES string of the molecule is CCN(CC1CCC1)C(=O)c1cccc(CN)c1. The maximum Gasteiger partial charge on any atom is 0.253 e. The molecule has 0 spiro atoms. The fraction of sp³-hybridized carbons (Fsp3) is 0.533. The maximum atomic E-state index is 12.4. The molecule has 2 rings (SSSR count). The van der Waals surface area contributed by atoms with E-state index < -0.39 is 0 Å². The van der Waals surface area contributed by atoms with E-state index in [9.17, 15) is 4.79 Å². The normalized spacial score (nSPS) is 15.2. The quantitative estimate of drug-likeness (QED) is 0.867. The molecule has 18 heavy (non-hydrogen) atoms. The molecule has 0 aliphatic heterocycles. The molecule has 1 aromatic rings. The van der Waals surface area contributed by atoms with Gasteiger partial charge in [-0.1, -0.05) is 18.6 Å². The van der Waals surface area contributed by atoms with Crippen LogP contribution in [0.4, 0.5) is 0 Å². The summed E-state index contributed by atoms with van der Waals surface area (Å²) >= 11 is 0. The molecule has 1 aliphatic rings. The van der Waals surface area contributed by atoms with Crippen molar-refractivity contribution in [3.8, 4) is 0 Å². The van der Waals surface area contributed by atoms with E-state index in [1.54, 1.807) is 0 Å². The lowest BCUT2D eigenvalue weighted by Crippen LogP contribution is -2.37. The van der Waals surface area contributed by atoms with Crippen LogP contribution in [0.5, 0.6) is 0 Å². The molecule has 0 bridgehead atoms. The first-order valence-corrected chi connectivity index (χ1v) is 6.83. The van der Waals surface area contributed by atoms with Crippen molar-refractivity contribution < 1.29 is 4.79 Å². The molecule has 0 atom stereocenters. The lowest BCUT2D eigenvalue weighted by atomic mass is 9.85. The minimum Gasteiger partial charge on any atom is -0.339 e.